The number of imide groups is 2. The van der Waals surface area contributed by atoms with Gasteiger partial charge in [-0.3, -0.25) is 34.4 Å². The topological polar surface area (TPSA) is 129 Å². The normalized spacial score (nSPS) is 26.6. The highest BCUT2D eigenvalue weighted by atomic mass is 35.5. The number of nitrogens with one attached hydrogen (secondary N) is 1. The van der Waals surface area contributed by atoms with Crippen molar-refractivity contribution in [2.75, 3.05) is 32.7 Å². The van der Waals surface area contributed by atoms with E-state index >= 15 is 4.79 Å². The number of hydrazine groups is 1. The summed E-state index contributed by atoms with van der Waals surface area (Å²) >= 11 is 6.42. The van der Waals surface area contributed by atoms with Gasteiger partial charge in [0.2, 0.25) is 17.6 Å². The minimum atomic E-state index is -1.53. The molecule has 2 N–H and O–H groups in total. The van der Waals surface area contributed by atoms with Crippen LogP contribution in [0.15, 0.2) is 109 Å². The highest BCUT2D eigenvalue weighted by molar-refractivity contribution is 6.30. The van der Waals surface area contributed by atoms with Crippen LogP contribution >= 0.6 is 11.6 Å². The van der Waals surface area contributed by atoms with Gasteiger partial charge in [0.05, 0.1) is 43.1 Å². The molecule has 11 nitrogen and oxygen atoms in total. The van der Waals surface area contributed by atoms with Crippen LogP contribution in [0, 0.1) is 35.4 Å². The molecule has 4 aromatic carbocycles. The maximum Gasteiger partial charge on any atom is 0.260 e. The molecule has 6 atom stereocenters. The van der Waals surface area contributed by atoms with E-state index in [9.17, 15) is 23.9 Å². The van der Waals surface area contributed by atoms with Crippen molar-refractivity contribution < 1.29 is 38.1 Å². The molecule has 3 aliphatic heterocycles. The molecule has 0 spiro atoms. The molecule has 4 amide bonds. The van der Waals surface area contributed by atoms with Crippen molar-refractivity contribution in [2.24, 2.45) is 29.6 Å². The zero-order chi connectivity index (χ0) is 42.6. The summed E-state index contributed by atoms with van der Waals surface area (Å²) in [4.78, 5) is 63.5. The number of halogens is 2. The minimum absolute atomic E-state index is 0.134. The Labute approximate surface area is 358 Å². The Kier molecular flexibility index (Phi) is 10.7. The number of anilines is 1. The van der Waals surface area contributed by atoms with Gasteiger partial charge in [-0.05, 0) is 96.8 Å². The molecule has 3 saturated heterocycles. The molecule has 61 heavy (non-hydrogen) atoms. The van der Waals surface area contributed by atoms with Gasteiger partial charge in [0.25, 0.3) is 11.8 Å². The number of piperidine rings is 1. The van der Waals surface area contributed by atoms with Crippen LogP contribution < -0.4 is 14.9 Å². The summed E-state index contributed by atoms with van der Waals surface area (Å²) < 4.78 is 24.9. The lowest BCUT2D eigenvalue weighted by atomic mass is 9.50. The van der Waals surface area contributed by atoms with Gasteiger partial charge in [0.1, 0.15) is 5.82 Å². The molecule has 9 rings (SSSR count). The van der Waals surface area contributed by atoms with Crippen LogP contribution in [0.25, 0.3) is 6.08 Å². The Morgan fingerprint density at radius 2 is 1.54 bits per heavy atom. The number of amides is 4. The van der Waals surface area contributed by atoms with Gasteiger partial charge in [-0.2, -0.15) is 5.01 Å². The molecule has 0 bridgehead atoms. The summed E-state index contributed by atoms with van der Waals surface area (Å²) in [6.45, 7) is 2.29. The molecule has 5 aliphatic rings. The number of ether oxygens (including phenoxy) is 2. The smallest absolute Gasteiger partial charge is 0.260 e. The first-order valence-electron chi connectivity index (χ1n) is 20.7. The van der Waals surface area contributed by atoms with E-state index in [1.807, 2.05) is 30.4 Å². The number of aromatic hydroxyl groups is 1. The lowest BCUT2D eigenvalue weighted by Crippen LogP contribution is -2.54. The number of benzene rings is 4. The number of rotatable bonds is 10. The third kappa shape index (κ3) is 6.86. The van der Waals surface area contributed by atoms with Crippen molar-refractivity contribution in [1.82, 2.24) is 14.8 Å². The van der Waals surface area contributed by atoms with Gasteiger partial charge in [-0.1, -0.05) is 77.9 Å². The molecule has 2 aliphatic carbocycles. The van der Waals surface area contributed by atoms with Gasteiger partial charge in [-0.15, -0.1) is 0 Å². The number of phenolic OH excluding ortho intramolecular Hbond substituents is 1. The van der Waals surface area contributed by atoms with E-state index in [2.05, 4.69) is 22.5 Å². The molecule has 314 valence electrons. The van der Waals surface area contributed by atoms with Gasteiger partial charge < -0.3 is 14.6 Å². The van der Waals surface area contributed by atoms with Gasteiger partial charge in [0, 0.05) is 36.6 Å². The zero-order valence-electron chi connectivity index (χ0n) is 33.8. The molecule has 3 heterocycles. The van der Waals surface area contributed by atoms with Crippen molar-refractivity contribution in [3.05, 3.63) is 136 Å². The Morgan fingerprint density at radius 3 is 2.20 bits per heavy atom. The van der Waals surface area contributed by atoms with E-state index in [0.29, 0.717) is 41.1 Å². The predicted molar refractivity (Wildman–Crippen MR) is 227 cm³/mol. The number of hydrogen-bond donors (Lipinski definition) is 2. The molecular formula is C48H46ClFN4O7. The fraction of sp³-hybridized carbons (Fsp3) is 0.333. The molecule has 4 fully saturated rings. The van der Waals surface area contributed by atoms with Crippen molar-refractivity contribution in [3.8, 4) is 17.2 Å². The number of allylic oxidation sites excluding steroid dienone is 3. The van der Waals surface area contributed by atoms with E-state index < -0.39 is 52.6 Å². The Hall–Kier alpha value is -5.98. The van der Waals surface area contributed by atoms with E-state index in [0.717, 1.165) is 30.2 Å². The van der Waals surface area contributed by atoms with Crippen molar-refractivity contribution in [3.63, 3.8) is 0 Å². The zero-order valence-corrected chi connectivity index (χ0v) is 34.6. The Bertz CT molecular complexity index is 2410. The van der Waals surface area contributed by atoms with Crippen LogP contribution in [0.2, 0.25) is 5.02 Å². The lowest BCUT2D eigenvalue weighted by molar-refractivity contribution is -0.144. The van der Waals surface area contributed by atoms with Crippen molar-refractivity contribution >= 4 is 47.0 Å². The quantitative estimate of drug-likeness (QED) is 0.124. The summed E-state index contributed by atoms with van der Waals surface area (Å²) in [7, 11) is 2.86. The van der Waals surface area contributed by atoms with E-state index in [1.54, 1.807) is 42.5 Å². The fourth-order valence-electron chi connectivity index (χ4n) is 10.7. The first kappa shape index (κ1) is 40.4. The highest BCUT2D eigenvalue weighted by Gasteiger charge is 2.69. The van der Waals surface area contributed by atoms with Crippen LogP contribution in [-0.2, 0) is 31.1 Å². The summed E-state index contributed by atoms with van der Waals surface area (Å²) in [6.07, 6.45) is 7.45. The fourth-order valence-corrected chi connectivity index (χ4v) is 10.8. The summed E-state index contributed by atoms with van der Waals surface area (Å²) in [5.74, 6) is -5.35. The summed E-state index contributed by atoms with van der Waals surface area (Å²) in [5, 5.41) is 12.2. The van der Waals surface area contributed by atoms with Crippen LogP contribution in [0.5, 0.6) is 17.2 Å². The Balaban J connectivity index is 1.12. The number of hydrogen-bond acceptors (Lipinski definition) is 9. The molecule has 0 radical (unpaired) electrons. The third-order valence-electron chi connectivity index (χ3n) is 13.5. The second kappa shape index (κ2) is 16.1. The molecular weight excluding hydrogens is 799 g/mol. The third-order valence-corrected chi connectivity index (χ3v) is 13.8. The maximum atomic E-state index is 15.4. The number of nitrogens with zero attached hydrogens (tertiary/aromatic N) is 3. The molecule has 6 unspecified atom stereocenters. The van der Waals surface area contributed by atoms with Crippen LogP contribution in [0.1, 0.15) is 42.4 Å². The predicted octanol–water partition coefficient (Wildman–Crippen LogP) is 7.40. The average molecular weight is 845 g/mol. The van der Waals surface area contributed by atoms with Gasteiger partial charge in [-0.25, -0.2) is 4.39 Å². The second-order valence-corrected chi connectivity index (χ2v) is 17.0. The lowest BCUT2D eigenvalue weighted by Gasteiger charge is -2.49. The second-order valence-electron chi connectivity index (χ2n) is 16.6. The van der Waals surface area contributed by atoms with Crippen LogP contribution in [0.4, 0.5) is 10.1 Å². The SMILES string of the molecule is COc1cc(C=CC2C3=CCC4C(=O)N(C5CCN(Cc6ccccc6)CC5)C(=O)C4C3CC3C(=O)N(Nc4ccc(F)cc4)C(=O)C23c2ccc(Cl)cc2)cc(OC)c1O. The molecule has 1 saturated carbocycles. The van der Waals surface area contributed by atoms with Gasteiger partial charge in [0.15, 0.2) is 11.5 Å². The van der Waals surface area contributed by atoms with E-state index in [-0.39, 0.29) is 41.5 Å². The monoisotopic (exact) mass is 844 g/mol. The Morgan fingerprint density at radius 1 is 0.869 bits per heavy atom. The molecule has 0 aromatic heterocycles. The number of fused-ring (bicyclic) bond motifs is 4. The number of methoxy groups -OCH3 is 2. The number of likely N-dealkylation sites (tertiary alicyclic amines) is 2. The van der Waals surface area contributed by atoms with Crippen LogP contribution in [-0.4, -0.2) is 76.9 Å². The minimum Gasteiger partial charge on any atom is -0.502 e. The van der Waals surface area contributed by atoms with E-state index in [1.165, 1.54) is 48.9 Å². The number of phenols is 1. The largest absolute Gasteiger partial charge is 0.502 e. The summed E-state index contributed by atoms with van der Waals surface area (Å²) in [6, 6.07) is 25.6. The van der Waals surface area contributed by atoms with Crippen molar-refractivity contribution in [2.45, 2.75) is 43.7 Å². The number of carbonyl (C=O) groups excluding carboxylic acids is 4. The van der Waals surface area contributed by atoms with Crippen molar-refractivity contribution in [1.29, 1.82) is 0 Å². The van der Waals surface area contributed by atoms with Gasteiger partial charge >= 0.3 is 0 Å². The highest BCUT2D eigenvalue weighted by Crippen LogP contribution is 2.62. The summed E-state index contributed by atoms with van der Waals surface area (Å²) in [5.41, 5.74) is 4.94. The van der Waals surface area contributed by atoms with Crippen LogP contribution in [0.3, 0.4) is 0 Å². The maximum absolute atomic E-state index is 15.4. The van der Waals surface area contributed by atoms with E-state index in [4.69, 9.17) is 21.1 Å². The first-order chi connectivity index (χ1) is 29.5. The number of carbonyl (C=O) groups is 4. The standard InChI is InChI=1S/C48H46ClFN4O7/c1-60-40-24-29(25-41(61-2)43(40)55)8-19-38-35-17-18-36-42(46(58)53(44(36)56)34-20-22-52(23-21-34)27-28-6-4-3-5-7-28)37(35)26-39-45(57)54(51-33-15-13-32(50)14-16-33)47(59)48(38,39)30-9-11-31(49)12-10-30/h3-17,19,24-25,34,36-39,42,51,55H,18,20-23,26-27H2,1-2H3. The molecule has 13 heteroatoms. The first-order valence-corrected chi connectivity index (χ1v) is 21.0. The molecule has 4 aromatic rings. The average Bonchev–Trinajstić information content (AvgIpc) is 3.65.